The molecule has 0 unspecified atom stereocenters. The SMILES string of the molecule is CSc1ccccc1CNC(=O)[C@@H]1CCCN(c2cccc3c2C(=O)N(Cc2ccncc2)C3=O)C1. The minimum Gasteiger partial charge on any atom is -0.370 e. The maximum atomic E-state index is 13.4. The van der Waals surface area contributed by atoms with E-state index in [1.54, 1.807) is 42.4 Å². The second-order valence-corrected chi connectivity index (χ2v) is 9.91. The Kier molecular flexibility index (Phi) is 7.04. The molecule has 1 atom stereocenters. The van der Waals surface area contributed by atoms with Crippen molar-refractivity contribution in [1.29, 1.82) is 0 Å². The number of aromatic nitrogens is 1. The van der Waals surface area contributed by atoms with Crippen LogP contribution in [0, 0.1) is 5.92 Å². The van der Waals surface area contributed by atoms with Crippen molar-refractivity contribution in [2.24, 2.45) is 5.92 Å². The Labute approximate surface area is 214 Å². The molecule has 0 aliphatic carbocycles. The number of nitrogens with zero attached hydrogens (tertiary/aromatic N) is 3. The number of anilines is 1. The van der Waals surface area contributed by atoms with Gasteiger partial charge in [-0.25, -0.2) is 0 Å². The molecular formula is C28H28N4O3S. The van der Waals surface area contributed by atoms with Gasteiger partial charge in [-0.15, -0.1) is 11.8 Å². The van der Waals surface area contributed by atoms with Crippen LogP contribution in [0.2, 0.25) is 0 Å². The van der Waals surface area contributed by atoms with Gasteiger partial charge in [-0.05, 0) is 60.6 Å². The molecule has 0 spiro atoms. The largest absolute Gasteiger partial charge is 0.370 e. The van der Waals surface area contributed by atoms with Crippen LogP contribution in [0.3, 0.4) is 0 Å². The van der Waals surface area contributed by atoms with Crippen LogP contribution in [-0.2, 0) is 17.9 Å². The van der Waals surface area contributed by atoms with Crippen molar-refractivity contribution >= 4 is 35.2 Å². The van der Waals surface area contributed by atoms with E-state index < -0.39 is 0 Å². The van der Waals surface area contributed by atoms with Crippen LogP contribution in [0.4, 0.5) is 5.69 Å². The van der Waals surface area contributed by atoms with Crippen molar-refractivity contribution in [1.82, 2.24) is 15.2 Å². The van der Waals surface area contributed by atoms with Gasteiger partial charge >= 0.3 is 0 Å². The second kappa shape index (κ2) is 10.5. The summed E-state index contributed by atoms with van der Waals surface area (Å²) < 4.78 is 0. The Morgan fingerprint density at radius 1 is 1.06 bits per heavy atom. The highest BCUT2D eigenvalue weighted by Gasteiger charge is 2.39. The van der Waals surface area contributed by atoms with Crippen molar-refractivity contribution in [3.05, 3.63) is 89.2 Å². The normalized spacial score (nSPS) is 17.3. The fourth-order valence-corrected chi connectivity index (χ4v) is 5.60. The molecule has 1 N–H and O–H groups in total. The zero-order chi connectivity index (χ0) is 25.1. The van der Waals surface area contributed by atoms with E-state index >= 15 is 0 Å². The first-order valence-corrected chi connectivity index (χ1v) is 13.3. The third kappa shape index (κ3) is 4.73. The Morgan fingerprint density at radius 3 is 2.67 bits per heavy atom. The van der Waals surface area contributed by atoms with E-state index in [1.165, 1.54) is 4.90 Å². The number of amides is 3. The molecule has 3 amide bonds. The highest BCUT2D eigenvalue weighted by Crippen LogP contribution is 2.34. The predicted molar refractivity (Wildman–Crippen MR) is 140 cm³/mol. The molecule has 1 saturated heterocycles. The van der Waals surface area contributed by atoms with E-state index in [2.05, 4.69) is 21.3 Å². The highest BCUT2D eigenvalue weighted by molar-refractivity contribution is 7.98. The minimum absolute atomic E-state index is 0.0184. The molecule has 3 aromatic rings. The number of carbonyl (C=O) groups excluding carboxylic acids is 3. The number of fused-ring (bicyclic) bond motifs is 1. The number of piperidine rings is 1. The molecule has 36 heavy (non-hydrogen) atoms. The van der Waals surface area contributed by atoms with E-state index in [9.17, 15) is 14.4 Å². The maximum Gasteiger partial charge on any atom is 0.263 e. The minimum atomic E-state index is -0.289. The van der Waals surface area contributed by atoms with Crippen molar-refractivity contribution in [2.75, 3.05) is 24.2 Å². The van der Waals surface area contributed by atoms with Crippen LogP contribution in [0.5, 0.6) is 0 Å². The number of nitrogens with one attached hydrogen (secondary N) is 1. The number of hydrogen-bond donors (Lipinski definition) is 1. The summed E-state index contributed by atoms with van der Waals surface area (Å²) in [4.78, 5) is 48.1. The summed E-state index contributed by atoms with van der Waals surface area (Å²) in [7, 11) is 0. The van der Waals surface area contributed by atoms with E-state index in [0.717, 1.165) is 41.1 Å². The fraction of sp³-hybridized carbons (Fsp3) is 0.286. The Bertz CT molecular complexity index is 1300. The molecule has 3 heterocycles. The van der Waals surface area contributed by atoms with Gasteiger partial charge in [-0.1, -0.05) is 24.3 Å². The molecule has 2 aromatic carbocycles. The summed E-state index contributed by atoms with van der Waals surface area (Å²) >= 11 is 1.67. The topological polar surface area (TPSA) is 82.6 Å². The molecule has 2 aliphatic heterocycles. The maximum absolute atomic E-state index is 13.4. The number of carbonyl (C=O) groups is 3. The van der Waals surface area contributed by atoms with Crippen LogP contribution in [-0.4, -0.2) is 47.0 Å². The molecule has 8 heteroatoms. The van der Waals surface area contributed by atoms with Gasteiger partial charge in [0.25, 0.3) is 11.8 Å². The summed E-state index contributed by atoms with van der Waals surface area (Å²) in [6.07, 6.45) is 6.96. The summed E-state index contributed by atoms with van der Waals surface area (Å²) in [5.41, 5.74) is 3.54. The average Bonchev–Trinajstić information content (AvgIpc) is 3.17. The number of imide groups is 1. The van der Waals surface area contributed by atoms with Gasteiger partial charge in [0.2, 0.25) is 5.91 Å². The predicted octanol–water partition coefficient (Wildman–Crippen LogP) is 4.13. The summed E-state index contributed by atoms with van der Waals surface area (Å²) in [6.45, 7) is 1.94. The van der Waals surface area contributed by atoms with Gasteiger partial charge in [0.05, 0.1) is 29.3 Å². The molecule has 0 bridgehead atoms. The van der Waals surface area contributed by atoms with E-state index in [4.69, 9.17) is 0 Å². The molecule has 5 rings (SSSR count). The smallest absolute Gasteiger partial charge is 0.263 e. The van der Waals surface area contributed by atoms with Crippen LogP contribution in [0.15, 0.2) is 71.9 Å². The monoisotopic (exact) mass is 500 g/mol. The molecule has 1 fully saturated rings. The molecule has 1 aromatic heterocycles. The number of rotatable bonds is 7. The van der Waals surface area contributed by atoms with Crippen molar-refractivity contribution in [2.45, 2.75) is 30.8 Å². The summed E-state index contributed by atoms with van der Waals surface area (Å²) in [6, 6.07) is 17.1. The van der Waals surface area contributed by atoms with Crippen LogP contribution < -0.4 is 10.2 Å². The summed E-state index contributed by atoms with van der Waals surface area (Å²) in [5, 5.41) is 3.10. The molecule has 0 saturated carbocycles. The van der Waals surface area contributed by atoms with E-state index in [1.807, 2.05) is 36.6 Å². The lowest BCUT2D eigenvalue weighted by molar-refractivity contribution is -0.125. The zero-order valence-corrected chi connectivity index (χ0v) is 21.0. The van der Waals surface area contributed by atoms with E-state index in [0.29, 0.717) is 24.2 Å². The van der Waals surface area contributed by atoms with Crippen molar-refractivity contribution in [3.8, 4) is 0 Å². The third-order valence-electron chi connectivity index (χ3n) is 6.85. The molecule has 0 radical (unpaired) electrons. The van der Waals surface area contributed by atoms with Crippen LogP contribution in [0.1, 0.15) is 44.7 Å². The van der Waals surface area contributed by atoms with Crippen LogP contribution >= 0.6 is 11.8 Å². The van der Waals surface area contributed by atoms with Gasteiger partial charge in [-0.3, -0.25) is 24.3 Å². The average molecular weight is 501 g/mol. The first-order valence-electron chi connectivity index (χ1n) is 12.1. The molecule has 184 valence electrons. The summed E-state index contributed by atoms with van der Waals surface area (Å²) in [5.74, 6) is -0.740. The number of thioether (sulfide) groups is 1. The highest BCUT2D eigenvalue weighted by atomic mass is 32.2. The van der Waals surface area contributed by atoms with Crippen LogP contribution in [0.25, 0.3) is 0 Å². The van der Waals surface area contributed by atoms with Gasteiger partial charge in [0.15, 0.2) is 0 Å². The first-order chi connectivity index (χ1) is 17.6. The fourth-order valence-electron chi connectivity index (χ4n) is 4.98. The Morgan fingerprint density at radius 2 is 1.86 bits per heavy atom. The van der Waals surface area contributed by atoms with Gasteiger partial charge in [0, 0.05) is 36.9 Å². The number of hydrogen-bond acceptors (Lipinski definition) is 6. The second-order valence-electron chi connectivity index (χ2n) is 9.07. The molecule has 2 aliphatic rings. The molecule has 7 nitrogen and oxygen atoms in total. The standard InChI is InChI=1S/C28H28N4O3S/c1-36-24-10-3-2-6-20(24)16-30-26(33)21-7-5-15-31(18-21)23-9-4-8-22-25(23)28(35)32(27(22)34)17-19-11-13-29-14-12-19/h2-4,6,8-14,21H,5,7,15-18H2,1H3,(H,30,33)/t21-/m1/s1. The first kappa shape index (κ1) is 24.1. The van der Waals surface area contributed by atoms with Gasteiger partial charge in [0.1, 0.15) is 0 Å². The number of benzene rings is 2. The zero-order valence-electron chi connectivity index (χ0n) is 20.1. The Balaban J connectivity index is 1.31. The number of pyridine rings is 1. The van der Waals surface area contributed by atoms with Crippen molar-refractivity contribution in [3.63, 3.8) is 0 Å². The van der Waals surface area contributed by atoms with Gasteiger partial charge in [-0.2, -0.15) is 0 Å². The Hall–Kier alpha value is -3.65. The van der Waals surface area contributed by atoms with Crippen molar-refractivity contribution < 1.29 is 14.4 Å². The quantitative estimate of drug-likeness (QED) is 0.388. The lowest BCUT2D eigenvalue weighted by atomic mass is 9.95. The van der Waals surface area contributed by atoms with Gasteiger partial charge < -0.3 is 10.2 Å². The molecular weight excluding hydrogens is 472 g/mol. The lowest BCUT2D eigenvalue weighted by Gasteiger charge is -2.34. The third-order valence-corrected chi connectivity index (χ3v) is 7.68. The van der Waals surface area contributed by atoms with E-state index in [-0.39, 0.29) is 30.2 Å². The lowest BCUT2D eigenvalue weighted by Crippen LogP contribution is -2.43.